The number of fused-ring (bicyclic) bond motifs is 1. The number of ether oxygens (including phenoxy) is 3. The molecule has 25 heavy (non-hydrogen) atoms. The van der Waals surface area contributed by atoms with E-state index >= 15 is 0 Å². The maximum absolute atomic E-state index is 10.5. The van der Waals surface area contributed by atoms with E-state index in [1.54, 1.807) is 14.2 Å². The first kappa shape index (κ1) is 17.6. The van der Waals surface area contributed by atoms with Crippen molar-refractivity contribution in [3.8, 4) is 11.5 Å². The lowest BCUT2D eigenvalue weighted by molar-refractivity contribution is -0.124. The Morgan fingerprint density at radius 3 is 2.68 bits per heavy atom. The first-order valence-corrected chi connectivity index (χ1v) is 8.35. The number of rotatable bonds is 5. The van der Waals surface area contributed by atoms with Crippen molar-refractivity contribution in [3.05, 3.63) is 53.6 Å². The number of benzene rings is 2. The third-order valence-corrected chi connectivity index (χ3v) is 4.57. The highest BCUT2D eigenvalue weighted by molar-refractivity contribution is 5.54. The Bertz CT molecular complexity index is 744. The Labute approximate surface area is 148 Å². The Kier molecular flexibility index (Phi) is 4.88. The molecule has 0 fully saturated rings. The van der Waals surface area contributed by atoms with Crippen LogP contribution in [0.3, 0.4) is 0 Å². The first-order valence-electron chi connectivity index (χ1n) is 8.35. The maximum atomic E-state index is 10.5. The molecule has 5 heteroatoms. The van der Waals surface area contributed by atoms with Gasteiger partial charge in [-0.05, 0) is 49.7 Å². The molecule has 134 valence electrons. The summed E-state index contributed by atoms with van der Waals surface area (Å²) in [5.74, 6) is 1.58. The van der Waals surface area contributed by atoms with Gasteiger partial charge in [0.05, 0.1) is 7.11 Å². The van der Waals surface area contributed by atoms with Crippen LogP contribution >= 0.6 is 0 Å². The lowest BCUT2D eigenvalue weighted by Crippen LogP contribution is -2.49. The van der Waals surface area contributed by atoms with Crippen LogP contribution in [0, 0.1) is 0 Å². The molecule has 2 atom stereocenters. The number of hydrogen-bond donors (Lipinski definition) is 2. The highest BCUT2D eigenvalue weighted by Gasteiger charge is 2.43. The van der Waals surface area contributed by atoms with Crippen molar-refractivity contribution >= 4 is 5.69 Å². The molecule has 0 saturated heterocycles. The van der Waals surface area contributed by atoms with Crippen molar-refractivity contribution in [2.24, 2.45) is 0 Å². The molecule has 0 spiro atoms. The average molecular weight is 343 g/mol. The highest BCUT2D eigenvalue weighted by Crippen LogP contribution is 2.42. The minimum atomic E-state index is -0.737. The van der Waals surface area contributed by atoms with Crippen molar-refractivity contribution in [2.45, 2.75) is 38.2 Å². The number of hydrogen-bond acceptors (Lipinski definition) is 5. The van der Waals surface area contributed by atoms with Crippen LogP contribution in [0.25, 0.3) is 0 Å². The molecule has 1 aliphatic heterocycles. The zero-order valence-corrected chi connectivity index (χ0v) is 15.1. The van der Waals surface area contributed by atoms with Gasteiger partial charge in [0.25, 0.3) is 0 Å². The van der Waals surface area contributed by atoms with Gasteiger partial charge in [0.15, 0.2) is 0 Å². The zero-order chi connectivity index (χ0) is 18.0. The molecule has 3 rings (SSSR count). The molecule has 0 radical (unpaired) electrons. The fourth-order valence-corrected chi connectivity index (χ4v) is 3.09. The summed E-state index contributed by atoms with van der Waals surface area (Å²) in [6.07, 6.45) is -1.16. The molecule has 0 bridgehead atoms. The van der Waals surface area contributed by atoms with E-state index in [1.165, 1.54) is 0 Å². The predicted molar refractivity (Wildman–Crippen MR) is 97.2 cm³/mol. The molecule has 2 aromatic rings. The van der Waals surface area contributed by atoms with E-state index in [-0.39, 0.29) is 0 Å². The van der Waals surface area contributed by atoms with E-state index in [1.807, 2.05) is 56.3 Å². The second-order valence-electron chi connectivity index (χ2n) is 6.76. The molecule has 2 N–H and O–H groups in total. The quantitative estimate of drug-likeness (QED) is 0.870. The lowest BCUT2D eigenvalue weighted by Gasteiger charge is -2.41. The molecule has 0 unspecified atom stereocenters. The largest absolute Gasteiger partial charge is 0.497 e. The molecule has 0 amide bonds. The number of anilines is 1. The minimum Gasteiger partial charge on any atom is -0.497 e. The maximum Gasteiger partial charge on any atom is 0.132 e. The smallest absolute Gasteiger partial charge is 0.132 e. The van der Waals surface area contributed by atoms with Gasteiger partial charge in [-0.15, -0.1) is 0 Å². The second kappa shape index (κ2) is 6.94. The van der Waals surface area contributed by atoms with Gasteiger partial charge in [0.2, 0.25) is 0 Å². The van der Waals surface area contributed by atoms with Gasteiger partial charge in [0, 0.05) is 24.9 Å². The van der Waals surface area contributed by atoms with Gasteiger partial charge >= 0.3 is 0 Å². The average Bonchev–Trinajstić information content (AvgIpc) is 2.61. The van der Waals surface area contributed by atoms with Crippen molar-refractivity contribution < 1.29 is 19.3 Å². The number of aliphatic hydroxyl groups is 1. The van der Waals surface area contributed by atoms with Crippen LogP contribution in [-0.4, -0.2) is 31.0 Å². The lowest BCUT2D eigenvalue weighted by atomic mass is 9.88. The van der Waals surface area contributed by atoms with E-state index in [4.69, 9.17) is 14.2 Å². The fraction of sp³-hybridized carbons (Fsp3) is 0.400. The highest BCUT2D eigenvalue weighted by atomic mass is 16.5. The summed E-state index contributed by atoms with van der Waals surface area (Å²) in [6, 6.07) is 13.8. The van der Waals surface area contributed by atoms with Crippen molar-refractivity contribution in [1.29, 1.82) is 0 Å². The Hall–Kier alpha value is -2.24. The monoisotopic (exact) mass is 343 g/mol. The van der Waals surface area contributed by atoms with Crippen molar-refractivity contribution in [2.75, 3.05) is 19.5 Å². The van der Waals surface area contributed by atoms with E-state index < -0.39 is 17.8 Å². The van der Waals surface area contributed by atoms with E-state index in [0.717, 1.165) is 28.3 Å². The summed E-state index contributed by atoms with van der Waals surface area (Å²) in [5.41, 5.74) is 2.23. The summed E-state index contributed by atoms with van der Waals surface area (Å²) in [5, 5.41) is 13.9. The normalized spacial score (nSPS) is 21.2. The number of aliphatic hydroxyl groups excluding tert-OH is 1. The molecule has 5 nitrogen and oxygen atoms in total. The molecular weight excluding hydrogens is 318 g/mol. The van der Waals surface area contributed by atoms with E-state index in [9.17, 15) is 5.11 Å². The van der Waals surface area contributed by atoms with Crippen LogP contribution < -0.4 is 14.8 Å². The molecule has 0 aromatic heterocycles. The van der Waals surface area contributed by atoms with Gasteiger partial charge < -0.3 is 24.6 Å². The third-order valence-electron chi connectivity index (χ3n) is 4.57. The summed E-state index contributed by atoms with van der Waals surface area (Å²) in [7, 11) is 3.27. The van der Waals surface area contributed by atoms with Crippen LogP contribution in [0.2, 0.25) is 0 Å². The molecule has 1 aliphatic rings. The first-order chi connectivity index (χ1) is 11.9. The number of methoxy groups -OCH3 is 2. The Morgan fingerprint density at radius 1 is 1.16 bits per heavy atom. The Balaban J connectivity index is 1.80. The molecule has 1 heterocycles. The van der Waals surface area contributed by atoms with Crippen LogP contribution in [0.15, 0.2) is 42.5 Å². The van der Waals surface area contributed by atoms with Crippen molar-refractivity contribution in [3.63, 3.8) is 0 Å². The standard InChI is InChI=1S/C20H25NO4/c1-20(2)19(22)18(24-4)16-11-14(8-9-17(16)25-20)21-12-13-6-5-7-15(10-13)23-3/h5-11,18-19,21-22H,12H2,1-4H3/t18-,19+/m1/s1. The summed E-state index contributed by atoms with van der Waals surface area (Å²) >= 11 is 0. The molecule has 0 aliphatic carbocycles. The second-order valence-corrected chi connectivity index (χ2v) is 6.76. The van der Waals surface area contributed by atoms with Gasteiger partial charge in [-0.1, -0.05) is 12.1 Å². The number of nitrogens with one attached hydrogen (secondary N) is 1. The topological polar surface area (TPSA) is 60.0 Å². The molecular formula is C20H25NO4. The summed E-state index contributed by atoms with van der Waals surface area (Å²) in [4.78, 5) is 0. The predicted octanol–water partition coefficient (Wildman–Crippen LogP) is 3.53. The van der Waals surface area contributed by atoms with E-state index in [2.05, 4.69) is 5.32 Å². The SMILES string of the molecule is COc1cccc(CNc2ccc3c(c2)[C@@H](OC)[C@H](O)C(C)(C)O3)c1. The van der Waals surface area contributed by atoms with Gasteiger partial charge in [-0.25, -0.2) is 0 Å². The Morgan fingerprint density at radius 2 is 1.96 bits per heavy atom. The van der Waals surface area contributed by atoms with Crippen LogP contribution in [0.4, 0.5) is 5.69 Å². The molecule has 0 saturated carbocycles. The zero-order valence-electron chi connectivity index (χ0n) is 15.1. The van der Waals surface area contributed by atoms with Gasteiger partial charge in [-0.2, -0.15) is 0 Å². The summed E-state index contributed by atoms with van der Waals surface area (Å²) in [6.45, 7) is 4.39. The van der Waals surface area contributed by atoms with Gasteiger partial charge in [0.1, 0.15) is 29.3 Å². The summed E-state index contributed by atoms with van der Waals surface area (Å²) < 4.78 is 16.7. The van der Waals surface area contributed by atoms with Crippen LogP contribution in [-0.2, 0) is 11.3 Å². The minimum absolute atomic E-state index is 0.419. The fourth-order valence-electron chi connectivity index (χ4n) is 3.09. The third kappa shape index (κ3) is 3.57. The van der Waals surface area contributed by atoms with E-state index in [0.29, 0.717) is 6.54 Å². The van der Waals surface area contributed by atoms with Gasteiger partial charge in [-0.3, -0.25) is 0 Å². The van der Waals surface area contributed by atoms with Crippen LogP contribution in [0.5, 0.6) is 11.5 Å². The molecule has 2 aromatic carbocycles. The van der Waals surface area contributed by atoms with Crippen LogP contribution in [0.1, 0.15) is 31.1 Å². The van der Waals surface area contributed by atoms with Crippen molar-refractivity contribution in [1.82, 2.24) is 0 Å².